The highest BCUT2D eigenvalue weighted by Gasteiger charge is 2.21. The Hall–Kier alpha value is -1.91. The first kappa shape index (κ1) is 12.1. The fourth-order valence-electron chi connectivity index (χ4n) is 2.32. The van der Waals surface area contributed by atoms with Gasteiger partial charge in [0.15, 0.2) is 0 Å². The molecule has 0 amide bonds. The van der Waals surface area contributed by atoms with Gasteiger partial charge in [0.2, 0.25) is 5.95 Å². The second-order valence-corrected chi connectivity index (χ2v) is 5.28. The lowest BCUT2D eigenvalue weighted by molar-refractivity contribution is 0.410. The van der Waals surface area contributed by atoms with Crippen LogP contribution >= 0.6 is 0 Å². The zero-order valence-corrected chi connectivity index (χ0v) is 11.4. The van der Waals surface area contributed by atoms with Crippen LogP contribution in [-0.2, 0) is 6.54 Å². The van der Waals surface area contributed by atoms with Crippen LogP contribution in [0.4, 0.5) is 5.95 Å². The van der Waals surface area contributed by atoms with Gasteiger partial charge in [-0.15, -0.1) is 0 Å². The average Bonchev–Trinajstić information content (AvgIpc) is 2.69. The van der Waals surface area contributed by atoms with Gasteiger partial charge in [0.25, 0.3) is 0 Å². The third kappa shape index (κ3) is 2.75. The standard InChI is InChI=1S/C14H19N5/c1-9-7-13(11-4-3-5-11)17-14(16-9)15-8-12-6-10(2)18-19-12/h6-7,11H,3-5,8H2,1-2H3,(H,18,19)(H,15,16,17). The number of hydrogen-bond donors (Lipinski definition) is 2. The van der Waals surface area contributed by atoms with Gasteiger partial charge in [-0.05, 0) is 38.8 Å². The second-order valence-electron chi connectivity index (χ2n) is 5.28. The fourth-order valence-corrected chi connectivity index (χ4v) is 2.32. The lowest BCUT2D eigenvalue weighted by atomic mass is 9.83. The number of nitrogens with zero attached hydrogens (tertiary/aromatic N) is 3. The van der Waals surface area contributed by atoms with Gasteiger partial charge in [-0.25, -0.2) is 9.97 Å². The summed E-state index contributed by atoms with van der Waals surface area (Å²) in [5.41, 5.74) is 4.25. The summed E-state index contributed by atoms with van der Waals surface area (Å²) in [6.45, 7) is 4.67. The monoisotopic (exact) mass is 257 g/mol. The van der Waals surface area contributed by atoms with E-state index in [4.69, 9.17) is 0 Å². The molecule has 2 heterocycles. The maximum Gasteiger partial charge on any atom is 0.223 e. The number of nitrogens with one attached hydrogen (secondary N) is 2. The van der Waals surface area contributed by atoms with E-state index in [1.165, 1.54) is 25.0 Å². The molecule has 1 fully saturated rings. The van der Waals surface area contributed by atoms with Crippen LogP contribution in [0.15, 0.2) is 12.1 Å². The number of aromatic amines is 1. The van der Waals surface area contributed by atoms with Gasteiger partial charge < -0.3 is 5.32 Å². The summed E-state index contributed by atoms with van der Waals surface area (Å²) in [5.74, 6) is 1.34. The Kier molecular flexibility index (Phi) is 3.19. The van der Waals surface area contributed by atoms with Crippen molar-refractivity contribution in [3.05, 3.63) is 34.9 Å². The van der Waals surface area contributed by atoms with Crippen molar-refractivity contribution in [3.8, 4) is 0 Å². The lowest BCUT2D eigenvalue weighted by Gasteiger charge is -2.25. The molecule has 1 aliphatic rings. The van der Waals surface area contributed by atoms with Crippen molar-refractivity contribution in [2.75, 3.05) is 5.32 Å². The van der Waals surface area contributed by atoms with Crippen LogP contribution in [0.2, 0.25) is 0 Å². The van der Waals surface area contributed by atoms with Gasteiger partial charge >= 0.3 is 0 Å². The molecule has 5 nitrogen and oxygen atoms in total. The van der Waals surface area contributed by atoms with Gasteiger partial charge in [0.1, 0.15) is 0 Å². The van der Waals surface area contributed by atoms with E-state index in [0.717, 1.165) is 17.1 Å². The highest BCUT2D eigenvalue weighted by atomic mass is 15.2. The predicted octanol–water partition coefficient (Wildman–Crippen LogP) is 2.70. The number of H-pyrrole nitrogens is 1. The molecule has 3 rings (SSSR count). The maximum absolute atomic E-state index is 4.62. The number of anilines is 1. The Bertz CT molecular complexity index is 571. The van der Waals surface area contributed by atoms with E-state index in [1.807, 2.05) is 19.9 Å². The zero-order valence-electron chi connectivity index (χ0n) is 11.4. The zero-order chi connectivity index (χ0) is 13.2. The van der Waals surface area contributed by atoms with Crippen molar-refractivity contribution < 1.29 is 0 Å². The fraction of sp³-hybridized carbons (Fsp3) is 0.500. The maximum atomic E-state index is 4.62. The molecule has 0 bridgehead atoms. The van der Waals surface area contributed by atoms with Gasteiger partial charge in [0.05, 0.1) is 12.2 Å². The Balaban J connectivity index is 1.71. The molecule has 2 N–H and O–H groups in total. The molecular weight excluding hydrogens is 238 g/mol. The summed E-state index contributed by atoms with van der Waals surface area (Å²) in [4.78, 5) is 9.05. The highest BCUT2D eigenvalue weighted by Crippen LogP contribution is 2.35. The van der Waals surface area contributed by atoms with E-state index in [0.29, 0.717) is 18.4 Å². The first-order chi connectivity index (χ1) is 9.20. The van der Waals surface area contributed by atoms with Crippen LogP contribution in [0, 0.1) is 13.8 Å². The average molecular weight is 257 g/mol. The Morgan fingerprint density at radius 3 is 2.74 bits per heavy atom. The molecule has 0 aromatic carbocycles. The second kappa shape index (κ2) is 4.99. The number of rotatable bonds is 4. The molecule has 0 spiro atoms. The molecule has 1 saturated carbocycles. The summed E-state index contributed by atoms with van der Waals surface area (Å²) in [6, 6.07) is 4.13. The Labute approximate surface area is 112 Å². The molecule has 2 aromatic heterocycles. The van der Waals surface area contributed by atoms with Crippen LogP contribution < -0.4 is 5.32 Å². The van der Waals surface area contributed by atoms with Crippen molar-refractivity contribution in [1.29, 1.82) is 0 Å². The third-order valence-electron chi connectivity index (χ3n) is 3.58. The molecule has 100 valence electrons. The summed E-state index contributed by atoms with van der Waals surface area (Å²) in [5, 5.41) is 10.4. The summed E-state index contributed by atoms with van der Waals surface area (Å²) >= 11 is 0. The van der Waals surface area contributed by atoms with E-state index in [1.54, 1.807) is 0 Å². The third-order valence-corrected chi connectivity index (χ3v) is 3.58. The Morgan fingerprint density at radius 2 is 2.11 bits per heavy atom. The lowest BCUT2D eigenvalue weighted by Crippen LogP contribution is -2.13. The van der Waals surface area contributed by atoms with E-state index < -0.39 is 0 Å². The van der Waals surface area contributed by atoms with Crippen LogP contribution in [-0.4, -0.2) is 20.2 Å². The quantitative estimate of drug-likeness (QED) is 0.883. The van der Waals surface area contributed by atoms with Gasteiger partial charge in [-0.1, -0.05) is 6.42 Å². The number of aryl methyl sites for hydroxylation is 2. The molecule has 19 heavy (non-hydrogen) atoms. The number of hydrogen-bond acceptors (Lipinski definition) is 4. The molecule has 5 heteroatoms. The van der Waals surface area contributed by atoms with Crippen molar-refractivity contribution >= 4 is 5.95 Å². The van der Waals surface area contributed by atoms with Crippen LogP contribution in [0.1, 0.15) is 48.0 Å². The van der Waals surface area contributed by atoms with E-state index >= 15 is 0 Å². The molecule has 0 unspecified atom stereocenters. The van der Waals surface area contributed by atoms with Crippen molar-refractivity contribution in [2.45, 2.75) is 45.6 Å². The first-order valence-corrected chi connectivity index (χ1v) is 6.81. The van der Waals surface area contributed by atoms with Crippen LogP contribution in [0.25, 0.3) is 0 Å². The number of aromatic nitrogens is 4. The van der Waals surface area contributed by atoms with Crippen LogP contribution in [0.5, 0.6) is 0 Å². The minimum atomic E-state index is 0.634. The summed E-state index contributed by atoms with van der Waals surface area (Å²) in [6.07, 6.45) is 3.84. The molecule has 0 atom stereocenters. The highest BCUT2D eigenvalue weighted by molar-refractivity contribution is 5.30. The van der Waals surface area contributed by atoms with Gasteiger partial charge in [-0.3, -0.25) is 5.10 Å². The van der Waals surface area contributed by atoms with Crippen molar-refractivity contribution in [1.82, 2.24) is 20.2 Å². The van der Waals surface area contributed by atoms with Crippen molar-refractivity contribution in [2.24, 2.45) is 0 Å². The smallest absolute Gasteiger partial charge is 0.223 e. The van der Waals surface area contributed by atoms with Crippen molar-refractivity contribution in [3.63, 3.8) is 0 Å². The molecule has 1 aliphatic carbocycles. The first-order valence-electron chi connectivity index (χ1n) is 6.81. The summed E-state index contributed by atoms with van der Waals surface area (Å²) in [7, 11) is 0. The van der Waals surface area contributed by atoms with E-state index in [9.17, 15) is 0 Å². The van der Waals surface area contributed by atoms with Gasteiger partial charge in [-0.2, -0.15) is 5.10 Å². The molecule has 2 aromatic rings. The Morgan fingerprint density at radius 1 is 1.26 bits per heavy atom. The minimum Gasteiger partial charge on any atom is -0.348 e. The SMILES string of the molecule is Cc1cc(C2CCC2)nc(NCc2cc(C)[nH]n2)n1. The largest absolute Gasteiger partial charge is 0.348 e. The normalized spacial score (nSPS) is 15.3. The predicted molar refractivity (Wildman–Crippen MR) is 74.0 cm³/mol. The van der Waals surface area contributed by atoms with E-state index in [2.05, 4.69) is 31.5 Å². The molecule has 0 aliphatic heterocycles. The molecule has 0 radical (unpaired) electrons. The molecule has 0 saturated heterocycles. The van der Waals surface area contributed by atoms with E-state index in [-0.39, 0.29) is 0 Å². The summed E-state index contributed by atoms with van der Waals surface area (Å²) < 4.78 is 0. The van der Waals surface area contributed by atoms with Gasteiger partial charge in [0, 0.05) is 23.0 Å². The minimum absolute atomic E-state index is 0.634. The molecular formula is C14H19N5. The van der Waals surface area contributed by atoms with Crippen LogP contribution in [0.3, 0.4) is 0 Å². The topological polar surface area (TPSA) is 66.5 Å².